The Labute approximate surface area is 88.4 Å². The lowest BCUT2D eigenvalue weighted by atomic mass is 10.0. The van der Waals surface area contributed by atoms with Gasteiger partial charge in [0.15, 0.2) is 0 Å². The highest BCUT2D eigenvalue weighted by atomic mass is 16.5. The van der Waals surface area contributed by atoms with Crippen molar-refractivity contribution in [3.8, 4) is 0 Å². The molecule has 0 spiro atoms. The first-order valence-electron chi connectivity index (χ1n) is 6.12. The van der Waals surface area contributed by atoms with Gasteiger partial charge in [0.05, 0.1) is 6.10 Å². The molecule has 0 aromatic carbocycles. The molecule has 2 unspecified atom stereocenters. The molecule has 1 N–H and O–H groups in total. The Morgan fingerprint density at radius 1 is 1.36 bits per heavy atom. The Kier molecular flexibility index (Phi) is 5.49. The van der Waals surface area contributed by atoms with E-state index >= 15 is 0 Å². The zero-order chi connectivity index (χ0) is 10.4. The summed E-state index contributed by atoms with van der Waals surface area (Å²) in [5.74, 6) is 0.837. The van der Waals surface area contributed by atoms with Gasteiger partial charge in [-0.25, -0.2) is 0 Å². The van der Waals surface area contributed by atoms with Crippen molar-refractivity contribution in [1.29, 1.82) is 0 Å². The first kappa shape index (κ1) is 12.0. The van der Waals surface area contributed by atoms with E-state index in [2.05, 4.69) is 26.2 Å². The van der Waals surface area contributed by atoms with Crippen LogP contribution in [0.4, 0.5) is 0 Å². The maximum absolute atomic E-state index is 5.85. The number of likely N-dealkylation sites (N-methyl/N-ethyl adjacent to an activating group) is 1. The zero-order valence-corrected chi connectivity index (χ0v) is 9.88. The minimum absolute atomic E-state index is 0.469. The van der Waals surface area contributed by atoms with E-state index in [0.29, 0.717) is 12.1 Å². The monoisotopic (exact) mass is 199 g/mol. The molecule has 2 heteroatoms. The summed E-state index contributed by atoms with van der Waals surface area (Å²) < 4.78 is 5.85. The number of nitrogens with one attached hydrogen (secondary N) is 1. The van der Waals surface area contributed by atoms with Crippen molar-refractivity contribution in [3.05, 3.63) is 0 Å². The Morgan fingerprint density at radius 2 is 2.07 bits per heavy atom. The maximum atomic E-state index is 5.85. The predicted octanol–water partition coefficient (Wildman–Crippen LogP) is 2.58. The van der Waals surface area contributed by atoms with Crippen LogP contribution in [0.5, 0.6) is 0 Å². The van der Waals surface area contributed by atoms with Crippen molar-refractivity contribution in [3.63, 3.8) is 0 Å². The summed E-state index contributed by atoms with van der Waals surface area (Å²) >= 11 is 0. The van der Waals surface area contributed by atoms with Gasteiger partial charge in [0.2, 0.25) is 0 Å². The highest BCUT2D eigenvalue weighted by Crippen LogP contribution is 2.36. The van der Waals surface area contributed by atoms with E-state index in [1.165, 1.54) is 32.1 Å². The van der Waals surface area contributed by atoms with Crippen molar-refractivity contribution in [2.45, 2.75) is 58.1 Å². The van der Waals surface area contributed by atoms with Gasteiger partial charge in [-0.15, -0.1) is 0 Å². The molecule has 1 saturated carbocycles. The molecule has 0 amide bonds. The standard InChI is InChI=1S/C12H25NO/c1-4-6-7-11(13-3)12(14-5-2)10-8-9-10/h10-13H,4-9H2,1-3H3. The Bertz CT molecular complexity index is 145. The normalized spacial score (nSPS) is 20.8. The van der Waals surface area contributed by atoms with Gasteiger partial charge >= 0.3 is 0 Å². The Balaban J connectivity index is 2.35. The molecule has 1 aliphatic carbocycles. The number of unbranched alkanes of at least 4 members (excludes halogenated alkanes) is 1. The molecule has 1 rings (SSSR count). The SMILES string of the molecule is CCCCC(NC)C(OCC)C1CC1. The molecular formula is C12H25NO. The van der Waals surface area contributed by atoms with Gasteiger partial charge in [-0.2, -0.15) is 0 Å². The van der Waals surface area contributed by atoms with Crippen molar-refractivity contribution in [2.75, 3.05) is 13.7 Å². The van der Waals surface area contributed by atoms with E-state index in [-0.39, 0.29) is 0 Å². The second kappa shape index (κ2) is 6.41. The second-order valence-electron chi connectivity index (χ2n) is 4.29. The van der Waals surface area contributed by atoms with Crippen LogP contribution >= 0.6 is 0 Å². The molecule has 0 saturated heterocycles. The summed E-state index contributed by atoms with van der Waals surface area (Å²) in [5.41, 5.74) is 0. The van der Waals surface area contributed by atoms with Crippen LogP contribution in [0.25, 0.3) is 0 Å². The maximum Gasteiger partial charge on any atom is 0.0755 e. The van der Waals surface area contributed by atoms with Gasteiger partial charge in [0, 0.05) is 12.6 Å². The van der Waals surface area contributed by atoms with Gasteiger partial charge in [-0.05, 0) is 39.2 Å². The molecule has 14 heavy (non-hydrogen) atoms. The molecule has 0 aromatic rings. The van der Waals surface area contributed by atoms with Crippen molar-refractivity contribution >= 4 is 0 Å². The van der Waals surface area contributed by atoms with Crippen LogP contribution in [-0.4, -0.2) is 25.8 Å². The highest BCUT2D eigenvalue weighted by molar-refractivity contribution is 4.89. The first-order valence-corrected chi connectivity index (χ1v) is 6.12. The van der Waals surface area contributed by atoms with Crippen molar-refractivity contribution in [2.24, 2.45) is 5.92 Å². The molecule has 0 heterocycles. The van der Waals surface area contributed by atoms with E-state index in [1.807, 2.05) is 0 Å². The predicted molar refractivity (Wildman–Crippen MR) is 60.5 cm³/mol. The summed E-state index contributed by atoms with van der Waals surface area (Å²) in [6.07, 6.45) is 7.05. The van der Waals surface area contributed by atoms with E-state index in [0.717, 1.165) is 12.5 Å². The summed E-state index contributed by atoms with van der Waals surface area (Å²) in [5, 5.41) is 3.42. The molecule has 0 radical (unpaired) electrons. The number of rotatable bonds is 8. The summed E-state index contributed by atoms with van der Waals surface area (Å²) in [4.78, 5) is 0. The van der Waals surface area contributed by atoms with Gasteiger partial charge in [0.1, 0.15) is 0 Å². The lowest BCUT2D eigenvalue weighted by molar-refractivity contribution is 0.0184. The van der Waals surface area contributed by atoms with Gasteiger partial charge in [0.25, 0.3) is 0 Å². The van der Waals surface area contributed by atoms with Gasteiger partial charge in [-0.3, -0.25) is 0 Å². The molecule has 84 valence electrons. The third-order valence-electron chi connectivity index (χ3n) is 3.08. The van der Waals surface area contributed by atoms with Gasteiger partial charge < -0.3 is 10.1 Å². The quantitative estimate of drug-likeness (QED) is 0.649. The fraction of sp³-hybridized carbons (Fsp3) is 1.00. The van der Waals surface area contributed by atoms with E-state index < -0.39 is 0 Å². The summed E-state index contributed by atoms with van der Waals surface area (Å²) in [6.45, 7) is 5.20. The van der Waals surface area contributed by atoms with Crippen LogP contribution in [0.1, 0.15) is 46.0 Å². The highest BCUT2D eigenvalue weighted by Gasteiger charge is 2.36. The average Bonchev–Trinajstić information content (AvgIpc) is 3.00. The summed E-state index contributed by atoms with van der Waals surface area (Å²) in [7, 11) is 2.06. The number of hydrogen-bond acceptors (Lipinski definition) is 2. The average molecular weight is 199 g/mol. The lowest BCUT2D eigenvalue weighted by Gasteiger charge is -2.26. The number of hydrogen-bond donors (Lipinski definition) is 1. The second-order valence-corrected chi connectivity index (χ2v) is 4.29. The first-order chi connectivity index (χ1) is 6.83. The topological polar surface area (TPSA) is 21.3 Å². The van der Waals surface area contributed by atoms with Crippen LogP contribution in [0.2, 0.25) is 0 Å². The van der Waals surface area contributed by atoms with E-state index in [1.54, 1.807) is 0 Å². The zero-order valence-electron chi connectivity index (χ0n) is 9.88. The largest absolute Gasteiger partial charge is 0.377 e. The van der Waals surface area contributed by atoms with E-state index in [4.69, 9.17) is 4.74 Å². The fourth-order valence-electron chi connectivity index (χ4n) is 2.09. The Morgan fingerprint density at radius 3 is 2.50 bits per heavy atom. The van der Waals surface area contributed by atoms with Crippen LogP contribution in [0, 0.1) is 5.92 Å². The minimum Gasteiger partial charge on any atom is -0.377 e. The van der Waals surface area contributed by atoms with Gasteiger partial charge in [-0.1, -0.05) is 19.8 Å². The van der Waals surface area contributed by atoms with Crippen LogP contribution in [-0.2, 0) is 4.74 Å². The molecule has 1 aliphatic rings. The van der Waals surface area contributed by atoms with Crippen LogP contribution in [0.3, 0.4) is 0 Å². The molecule has 0 aliphatic heterocycles. The third kappa shape index (κ3) is 3.58. The Hall–Kier alpha value is -0.0800. The smallest absolute Gasteiger partial charge is 0.0755 e. The summed E-state index contributed by atoms with van der Waals surface area (Å²) in [6, 6.07) is 0.572. The van der Waals surface area contributed by atoms with Crippen molar-refractivity contribution < 1.29 is 4.74 Å². The molecule has 2 atom stereocenters. The number of ether oxygens (including phenoxy) is 1. The minimum atomic E-state index is 0.469. The molecule has 0 aromatic heterocycles. The van der Waals surface area contributed by atoms with Crippen LogP contribution < -0.4 is 5.32 Å². The molecule has 1 fully saturated rings. The molecular weight excluding hydrogens is 174 g/mol. The molecule has 2 nitrogen and oxygen atoms in total. The third-order valence-corrected chi connectivity index (χ3v) is 3.08. The van der Waals surface area contributed by atoms with Crippen molar-refractivity contribution in [1.82, 2.24) is 5.32 Å². The lowest BCUT2D eigenvalue weighted by Crippen LogP contribution is -2.40. The fourth-order valence-corrected chi connectivity index (χ4v) is 2.09. The molecule has 0 bridgehead atoms. The van der Waals surface area contributed by atoms with E-state index in [9.17, 15) is 0 Å². The van der Waals surface area contributed by atoms with Crippen LogP contribution in [0.15, 0.2) is 0 Å².